The lowest BCUT2D eigenvalue weighted by atomic mass is 10.00. The first-order chi connectivity index (χ1) is 5.00. The van der Waals surface area contributed by atoms with Crippen molar-refractivity contribution < 1.29 is 0 Å². The minimum absolute atomic E-state index is 0.262. The minimum Gasteiger partial charge on any atom is -0.325 e. The van der Waals surface area contributed by atoms with E-state index in [1.165, 1.54) is 19.3 Å². The molecule has 0 bridgehead atoms. The number of hydrogen-bond acceptors (Lipinski definition) is 1. The quantitative estimate of drug-likeness (QED) is 0.646. The predicted octanol–water partition coefficient (Wildman–Crippen LogP) is 2.16. The van der Waals surface area contributed by atoms with Crippen LogP contribution in [-0.2, 0) is 0 Å². The van der Waals surface area contributed by atoms with Gasteiger partial charge in [0.2, 0.25) is 0 Å². The van der Waals surface area contributed by atoms with Crippen LogP contribution in [0.5, 0.6) is 0 Å². The van der Waals surface area contributed by atoms with Gasteiger partial charge in [0.1, 0.15) is 0 Å². The van der Waals surface area contributed by atoms with E-state index in [4.69, 9.17) is 5.73 Å². The number of nitrogens with two attached hydrogens (primary N) is 1. The van der Waals surface area contributed by atoms with Crippen molar-refractivity contribution >= 4 is 0 Å². The molecule has 2 aliphatic rings. The first kappa shape index (κ1) is 7.60. The Morgan fingerprint density at radius 3 is 2.18 bits per heavy atom. The normalized spacial score (nSPS) is 52.4. The first-order valence-electron chi connectivity index (χ1n) is 4.79. The number of hydrogen-bond donors (Lipinski definition) is 1. The summed E-state index contributed by atoms with van der Waals surface area (Å²) in [6.45, 7) is 6.95. The second-order valence-electron chi connectivity index (χ2n) is 5.17. The van der Waals surface area contributed by atoms with E-state index < -0.39 is 0 Å². The molecular formula is C10H19N. The summed E-state index contributed by atoms with van der Waals surface area (Å²) in [6.07, 6.45) is 3.93. The molecule has 2 aliphatic carbocycles. The molecule has 0 saturated heterocycles. The standard InChI is InChI=1S/C10H19N/c1-4-7-5-10(7,11)8-6-9(8,2)3/h7-8H,4-6,11H2,1-3H3. The lowest BCUT2D eigenvalue weighted by Crippen LogP contribution is -2.29. The van der Waals surface area contributed by atoms with Crippen molar-refractivity contribution in [3.63, 3.8) is 0 Å². The van der Waals surface area contributed by atoms with Crippen LogP contribution in [0.1, 0.15) is 40.0 Å². The molecular weight excluding hydrogens is 134 g/mol. The Morgan fingerprint density at radius 1 is 1.36 bits per heavy atom. The molecule has 1 nitrogen and oxygen atoms in total. The summed E-state index contributed by atoms with van der Waals surface area (Å²) in [5.74, 6) is 1.68. The predicted molar refractivity (Wildman–Crippen MR) is 47.2 cm³/mol. The molecule has 0 radical (unpaired) electrons. The van der Waals surface area contributed by atoms with Crippen LogP contribution in [0.2, 0.25) is 0 Å². The lowest BCUT2D eigenvalue weighted by Gasteiger charge is -2.12. The molecule has 3 atom stereocenters. The van der Waals surface area contributed by atoms with Gasteiger partial charge in [-0.2, -0.15) is 0 Å². The highest BCUT2D eigenvalue weighted by molar-refractivity contribution is 5.20. The second-order valence-corrected chi connectivity index (χ2v) is 5.17. The van der Waals surface area contributed by atoms with Crippen LogP contribution in [0.25, 0.3) is 0 Å². The third-order valence-corrected chi connectivity index (χ3v) is 3.85. The first-order valence-corrected chi connectivity index (χ1v) is 4.79. The average molecular weight is 153 g/mol. The van der Waals surface area contributed by atoms with Crippen LogP contribution in [0.4, 0.5) is 0 Å². The van der Waals surface area contributed by atoms with Gasteiger partial charge in [0, 0.05) is 5.54 Å². The van der Waals surface area contributed by atoms with E-state index in [-0.39, 0.29) is 5.54 Å². The van der Waals surface area contributed by atoms with Crippen LogP contribution in [0, 0.1) is 17.3 Å². The second kappa shape index (κ2) is 1.82. The van der Waals surface area contributed by atoms with E-state index in [2.05, 4.69) is 20.8 Å². The zero-order chi connectivity index (χ0) is 8.28. The van der Waals surface area contributed by atoms with Crippen molar-refractivity contribution in [1.82, 2.24) is 0 Å². The fourth-order valence-electron chi connectivity index (χ4n) is 2.70. The van der Waals surface area contributed by atoms with E-state index in [0.717, 1.165) is 11.8 Å². The maximum absolute atomic E-state index is 6.28. The highest BCUT2D eigenvalue weighted by Crippen LogP contribution is 2.66. The van der Waals surface area contributed by atoms with Crippen LogP contribution in [-0.4, -0.2) is 5.54 Å². The molecule has 0 aromatic carbocycles. The third kappa shape index (κ3) is 0.936. The van der Waals surface area contributed by atoms with Gasteiger partial charge < -0.3 is 5.73 Å². The fourth-order valence-corrected chi connectivity index (χ4v) is 2.70. The van der Waals surface area contributed by atoms with Gasteiger partial charge in [0.05, 0.1) is 0 Å². The highest BCUT2D eigenvalue weighted by Gasteiger charge is 2.66. The van der Waals surface area contributed by atoms with Gasteiger partial charge in [-0.3, -0.25) is 0 Å². The molecule has 0 aromatic rings. The van der Waals surface area contributed by atoms with Crippen molar-refractivity contribution in [2.45, 2.75) is 45.6 Å². The smallest absolute Gasteiger partial charge is 0.0220 e. The Balaban J connectivity index is 1.99. The van der Waals surface area contributed by atoms with Crippen molar-refractivity contribution in [3.8, 4) is 0 Å². The molecule has 2 rings (SSSR count). The molecule has 2 saturated carbocycles. The van der Waals surface area contributed by atoms with Crippen LogP contribution >= 0.6 is 0 Å². The Hall–Kier alpha value is -0.0400. The topological polar surface area (TPSA) is 26.0 Å². The van der Waals surface area contributed by atoms with Crippen molar-refractivity contribution in [2.24, 2.45) is 23.0 Å². The Morgan fingerprint density at radius 2 is 1.91 bits per heavy atom. The molecule has 11 heavy (non-hydrogen) atoms. The van der Waals surface area contributed by atoms with Crippen molar-refractivity contribution in [1.29, 1.82) is 0 Å². The molecule has 2 fully saturated rings. The van der Waals surface area contributed by atoms with Gasteiger partial charge in [-0.05, 0) is 30.1 Å². The van der Waals surface area contributed by atoms with E-state index in [1.54, 1.807) is 0 Å². The SMILES string of the molecule is CCC1CC1(N)C1CC1(C)C. The van der Waals surface area contributed by atoms with Gasteiger partial charge in [0.25, 0.3) is 0 Å². The number of rotatable bonds is 2. The van der Waals surface area contributed by atoms with Gasteiger partial charge in [-0.15, -0.1) is 0 Å². The van der Waals surface area contributed by atoms with E-state index in [1.807, 2.05) is 0 Å². The summed E-state index contributed by atoms with van der Waals surface area (Å²) in [7, 11) is 0. The monoisotopic (exact) mass is 153 g/mol. The molecule has 0 spiro atoms. The molecule has 3 unspecified atom stereocenters. The van der Waals surface area contributed by atoms with Gasteiger partial charge in [-0.25, -0.2) is 0 Å². The molecule has 0 heterocycles. The summed E-state index contributed by atoms with van der Waals surface area (Å²) in [5.41, 5.74) is 7.11. The van der Waals surface area contributed by atoms with E-state index >= 15 is 0 Å². The van der Waals surface area contributed by atoms with Gasteiger partial charge in [-0.1, -0.05) is 27.2 Å². The van der Waals surface area contributed by atoms with E-state index in [9.17, 15) is 0 Å². The molecule has 1 heteroatoms. The van der Waals surface area contributed by atoms with Crippen LogP contribution in [0.15, 0.2) is 0 Å². The van der Waals surface area contributed by atoms with Gasteiger partial charge >= 0.3 is 0 Å². The summed E-state index contributed by atoms with van der Waals surface area (Å²) in [4.78, 5) is 0. The molecule has 2 N–H and O–H groups in total. The zero-order valence-corrected chi connectivity index (χ0v) is 7.85. The molecule has 64 valence electrons. The maximum Gasteiger partial charge on any atom is 0.0220 e. The summed E-state index contributed by atoms with van der Waals surface area (Å²) < 4.78 is 0. The molecule has 0 aliphatic heterocycles. The maximum atomic E-state index is 6.28. The Kier molecular flexibility index (Phi) is 1.26. The van der Waals surface area contributed by atoms with Crippen LogP contribution < -0.4 is 5.73 Å². The van der Waals surface area contributed by atoms with Crippen molar-refractivity contribution in [3.05, 3.63) is 0 Å². The highest BCUT2D eigenvalue weighted by atomic mass is 14.9. The van der Waals surface area contributed by atoms with Crippen molar-refractivity contribution in [2.75, 3.05) is 0 Å². The summed E-state index contributed by atoms with van der Waals surface area (Å²) in [6, 6.07) is 0. The third-order valence-electron chi connectivity index (χ3n) is 3.85. The Bertz CT molecular complexity index is 185. The molecule has 0 amide bonds. The molecule has 0 aromatic heterocycles. The summed E-state index contributed by atoms with van der Waals surface area (Å²) in [5, 5.41) is 0. The fraction of sp³-hybridized carbons (Fsp3) is 1.00. The summed E-state index contributed by atoms with van der Waals surface area (Å²) >= 11 is 0. The minimum atomic E-state index is 0.262. The average Bonchev–Trinajstić information content (AvgIpc) is 2.72. The zero-order valence-electron chi connectivity index (χ0n) is 7.85. The van der Waals surface area contributed by atoms with E-state index in [0.29, 0.717) is 5.41 Å². The Labute approximate surface area is 69.4 Å². The lowest BCUT2D eigenvalue weighted by molar-refractivity contribution is 0.434. The van der Waals surface area contributed by atoms with Crippen LogP contribution in [0.3, 0.4) is 0 Å². The largest absolute Gasteiger partial charge is 0.325 e. The van der Waals surface area contributed by atoms with Gasteiger partial charge in [0.15, 0.2) is 0 Å².